The van der Waals surface area contributed by atoms with Crippen molar-refractivity contribution in [3.8, 4) is 0 Å². The molecule has 0 saturated carbocycles. The second-order valence-electron chi connectivity index (χ2n) is 7.34. The fourth-order valence-corrected chi connectivity index (χ4v) is 1.89. The molecule has 2 N–H and O–H groups in total. The van der Waals surface area contributed by atoms with Crippen LogP contribution in [0.5, 0.6) is 0 Å². The summed E-state index contributed by atoms with van der Waals surface area (Å²) in [7, 11) is 1.51. The molecule has 1 rings (SSSR count). The monoisotopic (exact) mass is 290 g/mol. The van der Waals surface area contributed by atoms with Gasteiger partial charge in [0.2, 0.25) is 0 Å². The Morgan fingerprint density at radius 2 is 1.60 bits per heavy atom. The van der Waals surface area contributed by atoms with E-state index in [0.29, 0.717) is 6.61 Å². The van der Waals surface area contributed by atoms with Gasteiger partial charge in [-0.2, -0.15) is 0 Å². The molecule has 0 amide bonds. The molecule has 1 saturated heterocycles. The number of aliphatic hydroxyl groups is 2. The lowest BCUT2D eigenvalue weighted by atomic mass is 9.70. The summed E-state index contributed by atoms with van der Waals surface area (Å²) in [6, 6.07) is 0. The maximum absolute atomic E-state index is 10.2. The van der Waals surface area contributed by atoms with Gasteiger partial charge in [-0.05, 0) is 17.8 Å². The van der Waals surface area contributed by atoms with Crippen molar-refractivity contribution >= 4 is 0 Å². The fraction of sp³-hybridized carbons (Fsp3) is 1.00. The highest BCUT2D eigenvalue weighted by Crippen LogP contribution is 2.38. The van der Waals surface area contributed by atoms with E-state index in [1.807, 2.05) is 0 Å². The Morgan fingerprint density at radius 1 is 1.05 bits per heavy atom. The Kier molecular flexibility index (Phi) is 5.60. The number of methoxy groups -OCH3 is 1. The Morgan fingerprint density at radius 3 is 2.05 bits per heavy atom. The third-order valence-electron chi connectivity index (χ3n) is 4.68. The summed E-state index contributed by atoms with van der Waals surface area (Å²) in [4.78, 5) is 0. The van der Waals surface area contributed by atoms with Crippen LogP contribution >= 0.6 is 0 Å². The SMILES string of the molecule is COC1OC(C)C(O)C(O)C1OCC(C)(C)C(C)(C)C. The zero-order valence-corrected chi connectivity index (χ0v) is 13.7. The first-order valence-electron chi connectivity index (χ1n) is 7.17. The zero-order valence-electron chi connectivity index (χ0n) is 13.7. The topological polar surface area (TPSA) is 68.2 Å². The van der Waals surface area contributed by atoms with Crippen LogP contribution in [0.25, 0.3) is 0 Å². The molecule has 0 aliphatic carbocycles. The van der Waals surface area contributed by atoms with Gasteiger partial charge in [-0.25, -0.2) is 0 Å². The Bertz CT molecular complexity index is 308. The number of ether oxygens (including phenoxy) is 3. The van der Waals surface area contributed by atoms with Gasteiger partial charge >= 0.3 is 0 Å². The first-order chi connectivity index (χ1) is 9.01. The third kappa shape index (κ3) is 3.71. The molecule has 1 heterocycles. The highest BCUT2D eigenvalue weighted by molar-refractivity contribution is 4.90. The quantitative estimate of drug-likeness (QED) is 0.822. The van der Waals surface area contributed by atoms with Crippen molar-refractivity contribution in [2.45, 2.75) is 72.2 Å². The van der Waals surface area contributed by atoms with E-state index in [9.17, 15) is 10.2 Å². The first-order valence-corrected chi connectivity index (χ1v) is 7.17. The fourth-order valence-electron chi connectivity index (χ4n) is 1.89. The minimum atomic E-state index is -1.01. The van der Waals surface area contributed by atoms with Crippen LogP contribution in [0, 0.1) is 10.8 Å². The van der Waals surface area contributed by atoms with Crippen LogP contribution in [0.1, 0.15) is 41.5 Å². The largest absolute Gasteiger partial charge is 0.388 e. The van der Waals surface area contributed by atoms with E-state index in [2.05, 4.69) is 34.6 Å². The Hall–Kier alpha value is -0.200. The van der Waals surface area contributed by atoms with Gasteiger partial charge in [0.25, 0.3) is 0 Å². The summed E-state index contributed by atoms with van der Waals surface area (Å²) in [5.41, 5.74) is -0.0268. The Labute approximate surface area is 122 Å². The van der Waals surface area contributed by atoms with Crippen molar-refractivity contribution in [3.63, 3.8) is 0 Å². The van der Waals surface area contributed by atoms with Gasteiger partial charge in [-0.1, -0.05) is 34.6 Å². The second kappa shape index (κ2) is 6.28. The summed E-state index contributed by atoms with van der Waals surface area (Å²) in [6.45, 7) is 12.8. The van der Waals surface area contributed by atoms with Crippen LogP contribution in [0.3, 0.4) is 0 Å². The summed E-state index contributed by atoms with van der Waals surface area (Å²) in [6.07, 6.45) is -3.82. The summed E-state index contributed by atoms with van der Waals surface area (Å²) < 4.78 is 16.6. The van der Waals surface area contributed by atoms with E-state index < -0.39 is 30.7 Å². The highest BCUT2D eigenvalue weighted by Gasteiger charge is 2.45. The van der Waals surface area contributed by atoms with Crippen molar-refractivity contribution in [2.75, 3.05) is 13.7 Å². The van der Waals surface area contributed by atoms with Crippen molar-refractivity contribution < 1.29 is 24.4 Å². The zero-order chi connectivity index (χ0) is 15.7. The molecular formula is C15H30O5. The third-order valence-corrected chi connectivity index (χ3v) is 4.68. The molecule has 0 aromatic carbocycles. The molecule has 0 aromatic rings. The molecule has 20 heavy (non-hydrogen) atoms. The second-order valence-corrected chi connectivity index (χ2v) is 7.34. The molecule has 1 fully saturated rings. The minimum absolute atomic E-state index is 0.0575. The van der Waals surface area contributed by atoms with E-state index in [1.54, 1.807) is 6.92 Å². The van der Waals surface area contributed by atoms with Crippen molar-refractivity contribution in [3.05, 3.63) is 0 Å². The molecule has 5 unspecified atom stereocenters. The lowest BCUT2D eigenvalue weighted by Crippen LogP contribution is -2.58. The first kappa shape index (κ1) is 17.9. The molecular weight excluding hydrogens is 260 g/mol. The molecule has 0 radical (unpaired) electrons. The van der Waals surface area contributed by atoms with E-state index in [0.717, 1.165) is 0 Å². The molecule has 5 atom stereocenters. The normalized spacial score (nSPS) is 36.1. The van der Waals surface area contributed by atoms with Gasteiger partial charge in [0.1, 0.15) is 18.3 Å². The molecule has 0 bridgehead atoms. The van der Waals surface area contributed by atoms with Crippen LogP contribution in [0.2, 0.25) is 0 Å². The average molecular weight is 290 g/mol. The van der Waals surface area contributed by atoms with Crippen molar-refractivity contribution in [2.24, 2.45) is 10.8 Å². The molecule has 0 aromatic heterocycles. The maximum atomic E-state index is 10.2. The summed E-state index contributed by atoms with van der Waals surface area (Å²) in [5, 5.41) is 20.1. The van der Waals surface area contributed by atoms with Gasteiger partial charge in [-0.15, -0.1) is 0 Å². The molecule has 1 aliphatic heterocycles. The van der Waals surface area contributed by atoms with Gasteiger partial charge in [-0.3, -0.25) is 0 Å². The van der Waals surface area contributed by atoms with Crippen LogP contribution in [-0.4, -0.2) is 54.6 Å². The predicted molar refractivity (Wildman–Crippen MR) is 76.3 cm³/mol. The highest BCUT2D eigenvalue weighted by atomic mass is 16.7. The van der Waals surface area contributed by atoms with Crippen LogP contribution in [-0.2, 0) is 14.2 Å². The molecule has 0 spiro atoms. The number of aliphatic hydroxyl groups excluding tert-OH is 2. The summed E-state index contributed by atoms with van der Waals surface area (Å²) >= 11 is 0. The summed E-state index contributed by atoms with van der Waals surface area (Å²) in [5.74, 6) is 0. The smallest absolute Gasteiger partial charge is 0.186 e. The number of rotatable bonds is 4. The lowest BCUT2D eigenvalue weighted by Gasteiger charge is -2.44. The predicted octanol–water partition coefficient (Wildman–Crippen LogP) is 1.56. The number of hydrogen-bond acceptors (Lipinski definition) is 5. The van der Waals surface area contributed by atoms with E-state index in [-0.39, 0.29) is 10.8 Å². The average Bonchev–Trinajstić information content (AvgIpc) is 2.33. The van der Waals surface area contributed by atoms with Gasteiger partial charge in [0, 0.05) is 7.11 Å². The van der Waals surface area contributed by atoms with E-state index >= 15 is 0 Å². The molecule has 1 aliphatic rings. The van der Waals surface area contributed by atoms with Crippen LogP contribution in [0.4, 0.5) is 0 Å². The van der Waals surface area contributed by atoms with Crippen LogP contribution < -0.4 is 0 Å². The van der Waals surface area contributed by atoms with Gasteiger partial charge in [0.05, 0.1) is 12.7 Å². The number of hydrogen-bond donors (Lipinski definition) is 2. The van der Waals surface area contributed by atoms with E-state index in [4.69, 9.17) is 14.2 Å². The van der Waals surface area contributed by atoms with Crippen molar-refractivity contribution in [1.29, 1.82) is 0 Å². The van der Waals surface area contributed by atoms with Crippen molar-refractivity contribution in [1.82, 2.24) is 0 Å². The van der Waals surface area contributed by atoms with Gasteiger partial charge in [0.15, 0.2) is 6.29 Å². The van der Waals surface area contributed by atoms with E-state index in [1.165, 1.54) is 7.11 Å². The molecule has 5 nitrogen and oxygen atoms in total. The standard InChI is InChI=1S/C15H30O5/c1-9-10(16)11(17)12(13(18-7)20-9)19-8-15(5,6)14(2,3)4/h9-13,16-17H,8H2,1-7H3. The van der Waals surface area contributed by atoms with Gasteiger partial charge < -0.3 is 24.4 Å². The molecule has 5 heteroatoms. The van der Waals surface area contributed by atoms with Crippen LogP contribution in [0.15, 0.2) is 0 Å². The molecule has 120 valence electrons. The maximum Gasteiger partial charge on any atom is 0.186 e. The lowest BCUT2D eigenvalue weighted by molar-refractivity contribution is -0.300. The Balaban J connectivity index is 2.74. The minimum Gasteiger partial charge on any atom is -0.388 e.